The Kier molecular flexibility index (Phi) is 6.57. The number of aromatic nitrogens is 2. The van der Waals surface area contributed by atoms with Gasteiger partial charge in [-0.2, -0.15) is 5.10 Å². The summed E-state index contributed by atoms with van der Waals surface area (Å²) in [6, 6.07) is 1.35. The Morgan fingerprint density at radius 2 is 2.09 bits per heavy atom. The molecule has 0 unspecified atom stereocenters. The van der Waals surface area contributed by atoms with Gasteiger partial charge in [0, 0.05) is 19.7 Å². The first kappa shape index (κ1) is 19.4. The lowest BCUT2D eigenvalue weighted by Crippen LogP contribution is -2.36. The minimum atomic E-state index is -0.565. The Morgan fingerprint density at radius 1 is 1.48 bits per heavy atom. The Hall–Kier alpha value is -1.61. The predicted molar refractivity (Wildman–Crippen MR) is 88.0 cm³/mol. The average Bonchev–Trinajstić information content (AvgIpc) is 2.83. The number of carbonyl (C=O) groups is 2. The van der Waals surface area contributed by atoms with E-state index in [4.69, 9.17) is 9.57 Å². The van der Waals surface area contributed by atoms with Crippen LogP contribution < -0.4 is 5.32 Å². The summed E-state index contributed by atoms with van der Waals surface area (Å²) in [5.74, 6) is -0.338. The molecule has 1 aromatic rings. The number of carbonyl (C=O) groups excluding carboxylic acids is 2. The molecule has 0 bridgehead atoms. The number of nitrogens with zero attached hydrogens (tertiary/aromatic N) is 3. The summed E-state index contributed by atoms with van der Waals surface area (Å²) in [5, 5.41) is 8.01. The normalized spacial score (nSPS) is 12.7. The van der Waals surface area contributed by atoms with Gasteiger partial charge in [-0.1, -0.05) is 0 Å². The molecular formula is C14H23BrN4O4. The van der Waals surface area contributed by atoms with Gasteiger partial charge in [0.15, 0.2) is 0 Å². The van der Waals surface area contributed by atoms with Crippen LogP contribution in [0, 0.1) is 0 Å². The maximum absolute atomic E-state index is 12.2. The van der Waals surface area contributed by atoms with E-state index in [0.29, 0.717) is 10.3 Å². The number of hydrogen-bond acceptors (Lipinski definition) is 5. The topological polar surface area (TPSA) is 85.7 Å². The molecule has 0 radical (unpaired) electrons. The first-order valence-electron chi connectivity index (χ1n) is 7.09. The van der Waals surface area contributed by atoms with Crippen molar-refractivity contribution in [3.05, 3.63) is 16.4 Å². The van der Waals surface area contributed by atoms with Gasteiger partial charge in [-0.3, -0.25) is 14.3 Å². The van der Waals surface area contributed by atoms with E-state index in [0.717, 1.165) is 5.06 Å². The van der Waals surface area contributed by atoms with Gasteiger partial charge in [-0.25, -0.2) is 9.86 Å². The first-order valence-corrected chi connectivity index (χ1v) is 7.88. The predicted octanol–water partition coefficient (Wildman–Crippen LogP) is 2.36. The molecule has 0 fully saturated rings. The standard InChI is InChI=1S/C14H23BrN4O4/c1-9(8-16-13(21)23-14(2,3)4)19-10(7-11(15)17-19)12(20)18(5)22-6/h7,9H,8H2,1-6H3,(H,16,21)/t9-/m0/s1. The second-order valence-corrected chi connectivity index (χ2v) is 6.83. The molecule has 9 heteroatoms. The first-order chi connectivity index (χ1) is 10.5. The monoisotopic (exact) mass is 390 g/mol. The van der Waals surface area contributed by atoms with Crippen molar-refractivity contribution in [2.24, 2.45) is 0 Å². The molecule has 0 aliphatic rings. The van der Waals surface area contributed by atoms with Crippen LogP contribution in [0.5, 0.6) is 0 Å². The van der Waals surface area contributed by atoms with Crippen molar-refractivity contribution in [1.82, 2.24) is 20.2 Å². The fourth-order valence-corrected chi connectivity index (χ4v) is 2.12. The fraction of sp³-hybridized carbons (Fsp3) is 0.643. The molecule has 8 nitrogen and oxygen atoms in total. The number of alkyl carbamates (subject to hydrolysis) is 1. The van der Waals surface area contributed by atoms with E-state index < -0.39 is 11.7 Å². The van der Waals surface area contributed by atoms with Gasteiger partial charge in [0.05, 0.1) is 13.2 Å². The van der Waals surface area contributed by atoms with Crippen LogP contribution in [0.15, 0.2) is 10.7 Å². The highest BCUT2D eigenvalue weighted by Gasteiger charge is 2.23. The third-order valence-electron chi connectivity index (χ3n) is 2.84. The average molecular weight is 391 g/mol. The van der Waals surface area contributed by atoms with Gasteiger partial charge in [0.2, 0.25) is 0 Å². The van der Waals surface area contributed by atoms with Gasteiger partial charge in [-0.15, -0.1) is 0 Å². The van der Waals surface area contributed by atoms with Crippen molar-refractivity contribution in [1.29, 1.82) is 0 Å². The lowest BCUT2D eigenvalue weighted by Gasteiger charge is -2.22. The molecule has 1 heterocycles. The quantitative estimate of drug-likeness (QED) is 0.779. The Morgan fingerprint density at radius 3 is 2.61 bits per heavy atom. The van der Waals surface area contributed by atoms with E-state index in [2.05, 4.69) is 26.3 Å². The summed E-state index contributed by atoms with van der Waals surface area (Å²) in [5.41, 5.74) is -0.218. The van der Waals surface area contributed by atoms with Gasteiger partial charge in [-0.05, 0) is 43.6 Å². The van der Waals surface area contributed by atoms with E-state index >= 15 is 0 Å². The molecule has 23 heavy (non-hydrogen) atoms. The lowest BCUT2D eigenvalue weighted by atomic mass is 10.2. The highest BCUT2D eigenvalue weighted by atomic mass is 79.9. The highest BCUT2D eigenvalue weighted by molar-refractivity contribution is 9.10. The van der Waals surface area contributed by atoms with Gasteiger partial charge in [0.25, 0.3) is 5.91 Å². The molecule has 1 rings (SSSR count). The van der Waals surface area contributed by atoms with Crippen LogP contribution in [0.25, 0.3) is 0 Å². The summed E-state index contributed by atoms with van der Waals surface area (Å²) < 4.78 is 7.23. The SMILES string of the molecule is CON(C)C(=O)c1cc(Br)nn1[C@@H](C)CNC(=O)OC(C)(C)C. The molecule has 0 saturated carbocycles. The number of halogens is 1. The Labute approximate surface area is 144 Å². The Bertz CT molecular complexity index is 568. The molecule has 2 amide bonds. The lowest BCUT2D eigenvalue weighted by molar-refractivity contribution is -0.0764. The van der Waals surface area contributed by atoms with Crippen LogP contribution in [0.1, 0.15) is 44.2 Å². The second-order valence-electron chi connectivity index (χ2n) is 6.01. The molecule has 0 spiro atoms. The van der Waals surface area contributed by atoms with Crippen LogP contribution >= 0.6 is 15.9 Å². The number of ether oxygens (including phenoxy) is 1. The summed E-state index contributed by atoms with van der Waals surface area (Å²) in [4.78, 5) is 28.9. The summed E-state index contributed by atoms with van der Waals surface area (Å²) in [6.45, 7) is 7.47. The van der Waals surface area contributed by atoms with Gasteiger partial charge >= 0.3 is 6.09 Å². The number of amides is 2. The van der Waals surface area contributed by atoms with E-state index in [1.165, 1.54) is 18.8 Å². The zero-order valence-electron chi connectivity index (χ0n) is 14.2. The molecular weight excluding hydrogens is 368 g/mol. The zero-order valence-corrected chi connectivity index (χ0v) is 15.8. The van der Waals surface area contributed by atoms with Gasteiger partial charge in [0.1, 0.15) is 15.9 Å². The van der Waals surface area contributed by atoms with Crippen LogP contribution in [0.4, 0.5) is 4.79 Å². The number of nitrogens with one attached hydrogen (secondary N) is 1. The van der Waals surface area contributed by atoms with Crippen molar-refractivity contribution in [3.63, 3.8) is 0 Å². The third-order valence-corrected chi connectivity index (χ3v) is 3.23. The third kappa shape index (κ3) is 5.83. The molecule has 0 saturated heterocycles. The van der Waals surface area contributed by atoms with Crippen LogP contribution in [0.3, 0.4) is 0 Å². The van der Waals surface area contributed by atoms with E-state index in [1.54, 1.807) is 26.8 Å². The van der Waals surface area contributed by atoms with E-state index in [-0.39, 0.29) is 18.5 Å². The number of hydrogen-bond donors (Lipinski definition) is 1. The smallest absolute Gasteiger partial charge is 0.407 e. The zero-order chi connectivity index (χ0) is 17.8. The largest absolute Gasteiger partial charge is 0.444 e. The molecule has 0 aliphatic carbocycles. The molecule has 1 N–H and O–H groups in total. The molecule has 1 aromatic heterocycles. The van der Waals surface area contributed by atoms with Crippen LogP contribution in [-0.4, -0.2) is 53.1 Å². The van der Waals surface area contributed by atoms with Crippen LogP contribution in [0.2, 0.25) is 0 Å². The van der Waals surface area contributed by atoms with Crippen LogP contribution in [-0.2, 0) is 9.57 Å². The van der Waals surface area contributed by atoms with E-state index in [1.807, 2.05) is 6.92 Å². The molecule has 130 valence electrons. The Balaban J connectivity index is 2.79. The maximum atomic E-state index is 12.2. The minimum Gasteiger partial charge on any atom is -0.444 e. The van der Waals surface area contributed by atoms with Crippen molar-refractivity contribution in [2.45, 2.75) is 39.3 Å². The molecule has 0 aromatic carbocycles. The highest BCUT2D eigenvalue weighted by Crippen LogP contribution is 2.17. The van der Waals surface area contributed by atoms with Crippen molar-refractivity contribution in [2.75, 3.05) is 20.7 Å². The van der Waals surface area contributed by atoms with Gasteiger partial charge < -0.3 is 10.1 Å². The summed E-state index contributed by atoms with van der Waals surface area (Å²) in [6.07, 6.45) is -0.516. The second kappa shape index (κ2) is 7.78. The van der Waals surface area contributed by atoms with Crippen molar-refractivity contribution < 1.29 is 19.2 Å². The minimum absolute atomic E-state index is 0.252. The van der Waals surface area contributed by atoms with E-state index in [9.17, 15) is 9.59 Å². The fourth-order valence-electron chi connectivity index (χ4n) is 1.74. The molecule has 1 atom stereocenters. The molecule has 0 aliphatic heterocycles. The number of rotatable bonds is 5. The van der Waals surface area contributed by atoms with Crippen molar-refractivity contribution in [3.8, 4) is 0 Å². The maximum Gasteiger partial charge on any atom is 0.407 e. The summed E-state index contributed by atoms with van der Waals surface area (Å²) >= 11 is 3.25. The number of hydroxylamine groups is 2. The van der Waals surface area contributed by atoms with Crippen molar-refractivity contribution >= 4 is 27.9 Å². The summed E-state index contributed by atoms with van der Waals surface area (Å²) in [7, 11) is 2.92.